The monoisotopic (exact) mass is 384 g/mol. The van der Waals surface area contributed by atoms with E-state index in [0.29, 0.717) is 34.7 Å². The fourth-order valence-corrected chi connectivity index (χ4v) is 2.67. The van der Waals surface area contributed by atoms with Crippen LogP contribution in [-0.4, -0.2) is 37.2 Å². The molecule has 1 amide bonds. The Bertz CT molecular complexity index is 975. The molecule has 3 rings (SSSR count). The number of methoxy groups -OCH3 is 2. The molecule has 1 aromatic heterocycles. The van der Waals surface area contributed by atoms with Gasteiger partial charge in [-0.05, 0) is 18.6 Å². The number of hydrogen-bond donors (Lipinski definition) is 1. The number of oxazole rings is 1. The predicted octanol–water partition coefficient (Wildman–Crippen LogP) is 3.42. The molecule has 8 nitrogen and oxygen atoms in total. The zero-order valence-corrected chi connectivity index (χ0v) is 15.7. The molecule has 0 spiro atoms. The lowest BCUT2D eigenvalue weighted by Gasteiger charge is -2.17. The number of fused-ring (bicyclic) bond motifs is 1. The highest BCUT2D eigenvalue weighted by atomic mass is 16.5. The summed E-state index contributed by atoms with van der Waals surface area (Å²) in [6, 6.07) is 9.90. The van der Waals surface area contributed by atoms with Gasteiger partial charge in [0.15, 0.2) is 18.1 Å². The highest BCUT2D eigenvalue weighted by molar-refractivity contribution is 6.03. The molecule has 1 N–H and O–H groups in total. The Morgan fingerprint density at radius 3 is 2.50 bits per heavy atom. The lowest BCUT2D eigenvalue weighted by Crippen LogP contribution is -2.32. The number of ether oxygens (including phenoxy) is 3. The van der Waals surface area contributed by atoms with Gasteiger partial charge in [0.05, 0.1) is 19.8 Å². The van der Waals surface area contributed by atoms with E-state index in [0.717, 1.165) is 0 Å². The first-order chi connectivity index (χ1) is 13.5. The standard InChI is InChI=1S/C20H20N2O6/c1-4-16(19(23)22-12-8-13(25-2)10-14(9-12)26-3)28-20(24)15-6-5-7-17-18(15)21-11-27-17/h5-11,16H,4H2,1-3H3,(H,22,23). The topological polar surface area (TPSA) is 99.9 Å². The third kappa shape index (κ3) is 4.06. The van der Waals surface area contributed by atoms with E-state index in [9.17, 15) is 9.59 Å². The molecule has 0 aliphatic heterocycles. The smallest absolute Gasteiger partial charge is 0.341 e. The molecule has 0 aliphatic rings. The largest absolute Gasteiger partial charge is 0.497 e. The van der Waals surface area contributed by atoms with Crippen LogP contribution in [0.4, 0.5) is 5.69 Å². The van der Waals surface area contributed by atoms with Crippen molar-refractivity contribution in [1.29, 1.82) is 0 Å². The number of rotatable bonds is 7. The third-order valence-corrected chi connectivity index (χ3v) is 4.11. The summed E-state index contributed by atoms with van der Waals surface area (Å²) in [5.41, 5.74) is 1.56. The molecule has 1 heterocycles. The number of amides is 1. The summed E-state index contributed by atoms with van der Waals surface area (Å²) in [5.74, 6) is -0.0574. The van der Waals surface area contributed by atoms with Gasteiger partial charge in [-0.2, -0.15) is 0 Å². The van der Waals surface area contributed by atoms with Gasteiger partial charge in [0.2, 0.25) is 0 Å². The Kier molecular flexibility index (Phi) is 5.78. The first kappa shape index (κ1) is 19.2. The minimum atomic E-state index is -0.980. The van der Waals surface area contributed by atoms with Crippen LogP contribution in [-0.2, 0) is 9.53 Å². The van der Waals surface area contributed by atoms with Crippen LogP contribution in [0.15, 0.2) is 47.2 Å². The van der Waals surface area contributed by atoms with Gasteiger partial charge in [-0.25, -0.2) is 9.78 Å². The SMILES string of the molecule is CCC(OC(=O)c1cccc2ocnc12)C(=O)Nc1cc(OC)cc(OC)c1. The molecule has 28 heavy (non-hydrogen) atoms. The van der Waals surface area contributed by atoms with Gasteiger partial charge in [0, 0.05) is 23.9 Å². The van der Waals surface area contributed by atoms with Crippen molar-refractivity contribution in [1.82, 2.24) is 4.98 Å². The number of aromatic nitrogens is 1. The van der Waals surface area contributed by atoms with Gasteiger partial charge in [-0.3, -0.25) is 4.79 Å². The maximum atomic E-state index is 12.6. The molecule has 0 aliphatic carbocycles. The second-order valence-corrected chi connectivity index (χ2v) is 5.90. The van der Waals surface area contributed by atoms with Crippen molar-refractivity contribution in [3.8, 4) is 11.5 Å². The molecule has 1 unspecified atom stereocenters. The third-order valence-electron chi connectivity index (χ3n) is 4.11. The summed E-state index contributed by atoms with van der Waals surface area (Å²) >= 11 is 0. The van der Waals surface area contributed by atoms with Crippen LogP contribution < -0.4 is 14.8 Å². The molecule has 2 aromatic carbocycles. The number of hydrogen-bond acceptors (Lipinski definition) is 7. The van der Waals surface area contributed by atoms with Crippen LogP contribution in [0.2, 0.25) is 0 Å². The predicted molar refractivity (Wildman–Crippen MR) is 102 cm³/mol. The minimum Gasteiger partial charge on any atom is -0.497 e. The second-order valence-electron chi connectivity index (χ2n) is 5.90. The number of para-hydroxylation sites is 1. The number of carbonyl (C=O) groups excluding carboxylic acids is 2. The van der Waals surface area contributed by atoms with Crippen LogP contribution in [0.25, 0.3) is 11.1 Å². The maximum Gasteiger partial charge on any atom is 0.341 e. The van der Waals surface area contributed by atoms with Crippen molar-refractivity contribution >= 4 is 28.7 Å². The maximum absolute atomic E-state index is 12.6. The van der Waals surface area contributed by atoms with Gasteiger partial charge >= 0.3 is 5.97 Å². The summed E-state index contributed by atoms with van der Waals surface area (Å²) in [6.45, 7) is 1.75. The Morgan fingerprint density at radius 2 is 1.86 bits per heavy atom. The van der Waals surface area contributed by atoms with E-state index in [2.05, 4.69) is 10.3 Å². The molecule has 1 atom stereocenters. The molecule has 0 bridgehead atoms. The lowest BCUT2D eigenvalue weighted by molar-refractivity contribution is -0.124. The van der Waals surface area contributed by atoms with Crippen LogP contribution in [0.3, 0.4) is 0 Å². The number of carbonyl (C=O) groups is 2. The molecule has 0 saturated heterocycles. The molecular weight excluding hydrogens is 364 g/mol. The first-order valence-corrected chi connectivity index (χ1v) is 8.62. The van der Waals surface area contributed by atoms with Gasteiger partial charge in [0.25, 0.3) is 5.91 Å². The first-order valence-electron chi connectivity index (χ1n) is 8.62. The average Bonchev–Trinajstić information content (AvgIpc) is 3.20. The van der Waals surface area contributed by atoms with E-state index in [-0.39, 0.29) is 5.56 Å². The van der Waals surface area contributed by atoms with Crippen molar-refractivity contribution in [2.75, 3.05) is 19.5 Å². The summed E-state index contributed by atoms with van der Waals surface area (Å²) < 4.78 is 21.0. The second kappa shape index (κ2) is 8.43. The van der Waals surface area contributed by atoms with E-state index in [4.69, 9.17) is 18.6 Å². The molecular formula is C20H20N2O6. The Hall–Kier alpha value is -3.55. The van der Waals surface area contributed by atoms with Crippen LogP contribution in [0.5, 0.6) is 11.5 Å². The van der Waals surface area contributed by atoms with Crippen molar-refractivity contribution in [3.63, 3.8) is 0 Å². The highest BCUT2D eigenvalue weighted by Gasteiger charge is 2.24. The minimum absolute atomic E-state index is 0.237. The number of nitrogens with zero attached hydrogens (tertiary/aromatic N) is 1. The number of anilines is 1. The lowest BCUT2D eigenvalue weighted by atomic mass is 10.2. The fraction of sp³-hybridized carbons (Fsp3) is 0.250. The van der Waals surface area contributed by atoms with Gasteiger partial charge < -0.3 is 23.9 Å². The van der Waals surface area contributed by atoms with E-state index in [1.54, 1.807) is 43.3 Å². The van der Waals surface area contributed by atoms with E-state index >= 15 is 0 Å². The van der Waals surface area contributed by atoms with E-state index < -0.39 is 18.0 Å². The zero-order chi connectivity index (χ0) is 20.1. The average molecular weight is 384 g/mol. The summed E-state index contributed by atoms with van der Waals surface area (Å²) in [4.78, 5) is 29.2. The van der Waals surface area contributed by atoms with Crippen molar-refractivity contribution in [2.24, 2.45) is 0 Å². The van der Waals surface area contributed by atoms with Crippen LogP contribution >= 0.6 is 0 Å². The highest BCUT2D eigenvalue weighted by Crippen LogP contribution is 2.26. The fourth-order valence-electron chi connectivity index (χ4n) is 2.67. The number of esters is 1. The van der Waals surface area contributed by atoms with Gasteiger partial charge in [-0.1, -0.05) is 13.0 Å². The molecule has 0 radical (unpaired) electrons. The summed E-state index contributed by atoms with van der Waals surface area (Å²) in [5, 5.41) is 2.72. The van der Waals surface area contributed by atoms with Crippen LogP contribution in [0, 0.1) is 0 Å². The molecule has 146 valence electrons. The quantitative estimate of drug-likeness (QED) is 0.623. The van der Waals surface area contributed by atoms with Gasteiger partial charge in [-0.15, -0.1) is 0 Å². The zero-order valence-electron chi connectivity index (χ0n) is 15.7. The number of benzene rings is 2. The molecule has 0 fully saturated rings. The van der Waals surface area contributed by atoms with Crippen molar-refractivity contribution < 1.29 is 28.2 Å². The molecule has 8 heteroatoms. The van der Waals surface area contributed by atoms with Gasteiger partial charge in [0.1, 0.15) is 17.0 Å². The van der Waals surface area contributed by atoms with Crippen molar-refractivity contribution in [2.45, 2.75) is 19.4 Å². The Labute approximate surface area is 161 Å². The number of nitrogens with one attached hydrogen (secondary N) is 1. The van der Waals surface area contributed by atoms with E-state index in [1.807, 2.05) is 0 Å². The normalized spacial score (nSPS) is 11.7. The summed E-state index contributed by atoms with van der Waals surface area (Å²) in [6.07, 6.45) is 0.571. The Balaban J connectivity index is 1.75. The summed E-state index contributed by atoms with van der Waals surface area (Å²) in [7, 11) is 3.03. The Morgan fingerprint density at radius 1 is 1.14 bits per heavy atom. The van der Waals surface area contributed by atoms with Crippen molar-refractivity contribution in [3.05, 3.63) is 48.4 Å². The molecule has 0 saturated carbocycles. The van der Waals surface area contributed by atoms with Crippen LogP contribution in [0.1, 0.15) is 23.7 Å². The molecule has 3 aromatic rings. The van der Waals surface area contributed by atoms with E-state index in [1.165, 1.54) is 20.6 Å².